The molecule has 0 aromatic heterocycles. The van der Waals surface area contributed by atoms with Gasteiger partial charge in [-0.05, 0) is 0 Å². The van der Waals surface area contributed by atoms with E-state index in [-0.39, 0.29) is 23.8 Å². The Morgan fingerprint density at radius 2 is 1.97 bits per heavy atom. The molecule has 0 radical (unpaired) electrons. The number of aliphatic carboxylic acids is 1. The number of fused-ring (bicyclic) bond motifs is 1. The van der Waals surface area contributed by atoms with Gasteiger partial charge < -0.3 is 0 Å². The summed E-state index contributed by atoms with van der Waals surface area (Å²) in [6.07, 6.45) is -0.365. The van der Waals surface area contributed by atoms with Crippen LogP contribution in [0.1, 0.15) is 34.1 Å². The Morgan fingerprint density at radius 3 is 2.45 bits per heavy atom. The second-order valence-corrected chi connectivity index (χ2v) is 13.8. The number of primary amides is 1. The fourth-order valence-corrected chi connectivity index (χ4v) is 12.0. The minimum absolute atomic E-state index is 0.271. The van der Waals surface area contributed by atoms with Gasteiger partial charge >= 0.3 is 194 Å². The van der Waals surface area contributed by atoms with E-state index >= 15 is 4.39 Å². The van der Waals surface area contributed by atoms with E-state index in [0.717, 1.165) is 13.1 Å². The molecule has 1 fully saturated rings. The molecule has 5 unspecified atom stereocenters. The summed E-state index contributed by atoms with van der Waals surface area (Å²) in [5.74, 6) is -2.99. The molecule has 3 aliphatic rings. The van der Waals surface area contributed by atoms with Crippen LogP contribution in [0.2, 0.25) is 0 Å². The number of rotatable bonds is 8. The van der Waals surface area contributed by atoms with Gasteiger partial charge in [0.15, 0.2) is 0 Å². The van der Waals surface area contributed by atoms with E-state index in [1.807, 2.05) is 18.7 Å². The maximum atomic E-state index is 16.1. The Balaban J connectivity index is 2.22. The molecule has 0 saturated carbocycles. The molecule has 4 N–H and O–H groups in total. The van der Waals surface area contributed by atoms with Gasteiger partial charge in [-0.3, -0.25) is 0 Å². The Bertz CT molecular complexity index is 873. The van der Waals surface area contributed by atoms with Gasteiger partial charge in [0, 0.05) is 0 Å². The number of amides is 1. The Morgan fingerprint density at radius 1 is 1.35 bits per heavy atom. The molecular weight excluding hydrogens is 506 g/mol. The van der Waals surface area contributed by atoms with Crippen molar-refractivity contribution in [2.75, 3.05) is 33.2 Å². The summed E-state index contributed by atoms with van der Waals surface area (Å²) in [5, 5.41) is 13.0. The molecule has 0 aromatic carbocycles. The molecule has 5 atom stereocenters. The van der Waals surface area contributed by atoms with Gasteiger partial charge in [0.25, 0.3) is 0 Å². The van der Waals surface area contributed by atoms with E-state index in [1.165, 1.54) is 7.05 Å². The van der Waals surface area contributed by atoms with E-state index in [0.29, 0.717) is 22.0 Å². The number of hydrogen-bond acceptors (Lipinski definition) is 6. The van der Waals surface area contributed by atoms with Crippen molar-refractivity contribution in [2.45, 2.75) is 49.1 Å². The third kappa shape index (κ3) is 3.40. The number of carboxylic acids is 1. The second kappa shape index (κ2) is 8.59. The summed E-state index contributed by atoms with van der Waals surface area (Å²) in [5.41, 5.74) is 4.68. The molecule has 3 rings (SSSR count). The van der Waals surface area contributed by atoms with Gasteiger partial charge in [-0.25, -0.2) is 0 Å². The fourth-order valence-electron chi connectivity index (χ4n) is 5.84. The molecule has 170 valence electrons. The summed E-state index contributed by atoms with van der Waals surface area (Å²) < 4.78 is 14.5. The molecule has 2 bridgehead atoms. The minimum atomic E-state index is -2.34. The quantitative estimate of drug-likeness (QED) is 0.385. The molecule has 1 saturated heterocycles. The molecule has 0 aromatic rings. The van der Waals surface area contributed by atoms with Crippen molar-refractivity contribution in [2.24, 2.45) is 17.6 Å². The predicted molar refractivity (Wildman–Crippen MR) is 116 cm³/mol. The first-order chi connectivity index (χ1) is 14.5. The van der Waals surface area contributed by atoms with E-state index in [4.69, 9.17) is 5.73 Å². The van der Waals surface area contributed by atoms with Crippen LogP contribution in [0.5, 0.6) is 0 Å². The van der Waals surface area contributed by atoms with Gasteiger partial charge in [-0.1, -0.05) is 0 Å². The first kappa shape index (κ1) is 24.4. The van der Waals surface area contributed by atoms with Gasteiger partial charge in [-0.15, -0.1) is 0 Å². The van der Waals surface area contributed by atoms with Crippen molar-refractivity contribution in [3.05, 3.63) is 11.3 Å². The zero-order valence-electron chi connectivity index (χ0n) is 18.9. The number of halogens is 1. The van der Waals surface area contributed by atoms with E-state index in [1.54, 1.807) is 0 Å². The molecule has 3 heterocycles. The normalized spacial score (nSPS) is 36.9. The molecule has 0 spiro atoms. The number of carboxylic acid groups (broad SMARTS) is 1. The van der Waals surface area contributed by atoms with Crippen LogP contribution in [0.4, 0.5) is 4.39 Å². The average molecular weight is 538 g/mol. The van der Waals surface area contributed by atoms with Gasteiger partial charge in [0.05, 0.1) is 0 Å². The number of ketones is 1. The predicted octanol–water partition coefficient (Wildman–Crippen LogP) is -0.404. The third-order valence-electron chi connectivity index (χ3n) is 7.48. The first-order valence-electron chi connectivity index (χ1n) is 10.9. The number of nitrogens with one attached hydrogen (secondary N) is 1. The Labute approximate surface area is 193 Å². The number of allylic oxidation sites excluding steroid dienone is 1. The summed E-state index contributed by atoms with van der Waals surface area (Å²) in [6, 6.07) is -0.271. The van der Waals surface area contributed by atoms with Crippen molar-refractivity contribution in [3.63, 3.8) is 0 Å². The first-order valence-corrected chi connectivity index (χ1v) is 14.2. The fraction of sp³-hybridized carbons (Fsp3) is 0.714. The standard InChI is InChI=1S/C21H32FN4O4.In/c1-6-25(7-2)8-9-26-13(4)17(19(23)28)12(3)18(26)15-10-14(27)11-16(22)21(15,24-5)20(29)30;/h12-13,17,24H,6-9,11H2,1-5H3,(H2,23,28)(H,29,30);/b18-15+;. The molecule has 3 aliphatic heterocycles. The monoisotopic (exact) mass is 538 g/mol. The number of carbonyl (C=O) groups excluding carboxylic acids is 2. The number of alkyl halides is 1. The number of nitrogens with two attached hydrogens (primary N) is 1. The van der Waals surface area contributed by atoms with Crippen LogP contribution in [0, 0.1) is 11.8 Å². The van der Waals surface area contributed by atoms with Gasteiger partial charge in [-0.2, -0.15) is 0 Å². The summed E-state index contributed by atoms with van der Waals surface area (Å²) in [4.78, 5) is 41.8. The van der Waals surface area contributed by atoms with Crippen molar-refractivity contribution in [3.8, 4) is 0 Å². The maximum absolute atomic E-state index is 16.1. The Hall–Kier alpha value is -1.26. The molecule has 31 heavy (non-hydrogen) atoms. The summed E-state index contributed by atoms with van der Waals surface area (Å²) >= 11 is -2.34. The van der Waals surface area contributed by atoms with E-state index in [9.17, 15) is 19.5 Å². The van der Waals surface area contributed by atoms with Crippen LogP contribution < -0.4 is 11.1 Å². The number of nitrogens with zero attached hydrogens (tertiary/aromatic N) is 2. The zero-order chi connectivity index (χ0) is 23.3. The SMILES string of the molecule is CCN(CC)CCN1/C(=C2\[C]3=[In][C](F)(CC3=O)C2(NC)C(=O)O)C(C)C(C(N)=O)C1C. The van der Waals surface area contributed by atoms with E-state index < -0.39 is 55.1 Å². The summed E-state index contributed by atoms with van der Waals surface area (Å²) in [6.45, 7) is 10.8. The molecule has 0 aliphatic carbocycles. The zero-order valence-corrected chi connectivity index (χ0v) is 22.2. The van der Waals surface area contributed by atoms with Crippen LogP contribution in [0.25, 0.3) is 0 Å². The van der Waals surface area contributed by atoms with Gasteiger partial charge in [0.2, 0.25) is 0 Å². The molecule has 10 heteroatoms. The van der Waals surface area contributed by atoms with E-state index in [2.05, 4.69) is 24.1 Å². The topological polar surface area (TPSA) is 116 Å². The number of likely N-dealkylation sites (N-methyl/N-ethyl adjacent to an activating group) is 2. The average Bonchev–Trinajstić information content (AvgIpc) is 3.23. The van der Waals surface area contributed by atoms with Crippen LogP contribution in [-0.2, 0) is 14.4 Å². The molecule has 1 amide bonds. The van der Waals surface area contributed by atoms with Crippen molar-refractivity contribution >= 4 is 43.3 Å². The van der Waals surface area contributed by atoms with Crippen LogP contribution in [0.3, 0.4) is 0 Å². The van der Waals surface area contributed by atoms with Crippen molar-refractivity contribution in [1.29, 1.82) is 0 Å². The number of Topliss-reactive ketones (excluding diaryl/α,β-unsaturated/α-hetero) is 1. The van der Waals surface area contributed by atoms with Crippen LogP contribution >= 0.6 is 0 Å². The van der Waals surface area contributed by atoms with Crippen molar-refractivity contribution in [1.82, 2.24) is 15.1 Å². The molecule has 8 nitrogen and oxygen atoms in total. The van der Waals surface area contributed by atoms with Crippen molar-refractivity contribution < 1.29 is 23.9 Å². The molecular formula is C21H32FInN4O4. The van der Waals surface area contributed by atoms with Crippen LogP contribution in [-0.4, -0.2) is 106 Å². The second-order valence-electron chi connectivity index (χ2n) is 8.76. The summed E-state index contributed by atoms with van der Waals surface area (Å²) in [7, 11) is 1.44. The number of likely N-dealkylation sites (tertiary alicyclic amines) is 1. The van der Waals surface area contributed by atoms with Crippen LogP contribution in [0.15, 0.2) is 11.3 Å². The Kier molecular flexibility index (Phi) is 6.76. The van der Waals surface area contributed by atoms with Gasteiger partial charge in [0.1, 0.15) is 0 Å². The number of carbonyl (C=O) groups is 3. The third-order valence-corrected chi connectivity index (χ3v) is 13.2. The number of hydrogen-bond donors (Lipinski definition) is 3.